The lowest BCUT2D eigenvalue weighted by Crippen LogP contribution is -1.87. The van der Waals surface area contributed by atoms with Gasteiger partial charge in [-0.3, -0.25) is 0 Å². The fraction of sp³-hybridized carbons (Fsp3) is 0.600. The van der Waals surface area contributed by atoms with Crippen molar-refractivity contribution in [2.45, 2.75) is 27.2 Å². The van der Waals surface area contributed by atoms with Gasteiger partial charge in [-0.2, -0.15) is 0 Å². The first-order chi connectivity index (χ1) is 4.66. The van der Waals surface area contributed by atoms with Crippen LogP contribution in [0.25, 0.3) is 0 Å². The molecule has 0 N–H and O–H groups in total. The molecule has 0 aliphatic heterocycles. The first-order valence-corrected chi connectivity index (χ1v) is 4.02. The molecule has 1 unspecified atom stereocenters. The lowest BCUT2D eigenvalue weighted by atomic mass is 10.0. The lowest BCUT2D eigenvalue weighted by molar-refractivity contribution is 0.595. The third-order valence-electron chi connectivity index (χ3n) is 2.51. The molecule has 0 radical (unpaired) electrons. The Kier molecular flexibility index (Phi) is 1.98. The van der Waals surface area contributed by atoms with E-state index in [2.05, 4.69) is 33.4 Å². The van der Waals surface area contributed by atoms with E-state index in [-0.39, 0.29) is 0 Å². The normalized spacial score (nSPS) is 37.5. The number of hydrogen-bond donors (Lipinski definition) is 0. The maximum absolute atomic E-state index is 4.07. The predicted octanol–water partition coefficient (Wildman–Crippen LogP) is 3.16. The van der Waals surface area contributed by atoms with Crippen LogP contribution in [0.3, 0.4) is 0 Å². The van der Waals surface area contributed by atoms with Gasteiger partial charge in [-0.05, 0) is 36.3 Å². The second-order valence-corrected chi connectivity index (χ2v) is 3.31. The van der Waals surface area contributed by atoms with Crippen LogP contribution in [0, 0.1) is 11.8 Å². The molecule has 2 atom stereocenters. The summed E-state index contributed by atoms with van der Waals surface area (Å²) < 4.78 is 0. The highest BCUT2D eigenvalue weighted by Gasteiger charge is 2.25. The molecule has 1 saturated carbocycles. The Bertz CT molecular complexity index is 174. The van der Waals surface area contributed by atoms with Gasteiger partial charge >= 0.3 is 0 Å². The van der Waals surface area contributed by atoms with E-state index >= 15 is 0 Å². The molecule has 0 bridgehead atoms. The Hall–Kier alpha value is -0.520. The summed E-state index contributed by atoms with van der Waals surface area (Å²) in [7, 11) is 0. The van der Waals surface area contributed by atoms with E-state index in [4.69, 9.17) is 0 Å². The maximum atomic E-state index is 4.07. The van der Waals surface area contributed by atoms with Crippen molar-refractivity contribution in [2.24, 2.45) is 11.8 Å². The van der Waals surface area contributed by atoms with E-state index in [1.54, 1.807) is 0 Å². The lowest BCUT2D eigenvalue weighted by Gasteiger charge is -2.02. The first kappa shape index (κ1) is 7.59. The molecular weight excluding hydrogens is 120 g/mol. The van der Waals surface area contributed by atoms with Gasteiger partial charge in [0, 0.05) is 0 Å². The number of rotatable bonds is 0. The second-order valence-electron chi connectivity index (χ2n) is 3.31. The minimum Gasteiger partial charge on any atom is -0.0953 e. The highest BCUT2D eigenvalue weighted by molar-refractivity contribution is 5.36. The largest absolute Gasteiger partial charge is 0.0953 e. The van der Waals surface area contributed by atoms with Gasteiger partial charge in [0.1, 0.15) is 0 Å². The first-order valence-electron chi connectivity index (χ1n) is 4.02. The molecule has 0 heteroatoms. The zero-order valence-electron chi connectivity index (χ0n) is 7.15. The molecule has 1 fully saturated rings. The summed E-state index contributed by atoms with van der Waals surface area (Å²) in [4.78, 5) is 0. The van der Waals surface area contributed by atoms with Gasteiger partial charge in [-0.25, -0.2) is 0 Å². The van der Waals surface area contributed by atoms with E-state index in [1.165, 1.54) is 17.6 Å². The monoisotopic (exact) mass is 136 g/mol. The van der Waals surface area contributed by atoms with Crippen LogP contribution in [0.15, 0.2) is 23.8 Å². The zero-order valence-corrected chi connectivity index (χ0v) is 7.15. The number of allylic oxidation sites excluding steroid dienone is 3. The van der Waals surface area contributed by atoms with E-state index in [0.717, 1.165) is 5.92 Å². The molecule has 0 aromatic carbocycles. The average Bonchev–Trinajstić information content (AvgIpc) is 2.09. The molecule has 0 aromatic heterocycles. The van der Waals surface area contributed by atoms with Crippen molar-refractivity contribution in [3.05, 3.63) is 23.8 Å². The number of hydrogen-bond acceptors (Lipinski definition) is 0. The van der Waals surface area contributed by atoms with E-state index in [9.17, 15) is 0 Å². The molecule has 0 heterocycles. The van der Waals surface area contributed by atoms with Crippen LogP contribution in [-0.2, 0) is 0 Å². The van der Waals surface area contributed by atoms with Crippen LogP contribution in [0.5, 0.6) is 0 Å². The third kappa shape index (κ3) is 1.03. The highest BCUT2D eigenvalue weighted by Crippen LogP contribution is 2.38. The summed E-state index contributed by atoms with van der Waals surface area (Å²) in [6.07, 6.45) is 3.50. The Morgan fingerprint density at radius 2 is 2.00 bits per heavy atom. The van der Waals surface area contributed by atoms with Crippen molar-refractivity contribution >= 4 is 0 Å². The quantitative estimate of drug-likeness (QED) is 0.480. The van der Waals surface area contributed by atoms with Crippen LogP contribution >= 0.6 is 0 Å². The smallest absolute Gasteiger partial charge is 0.0185 e. The van der Waals surface area contributed by atoms with E-state index in [0.29, 0.717) is 5.92 Å². The van der Waals surface area contributed by atoms with Crippen LogP contribution < -0.4 is 0 Å². The Morgan fingerprint density at radius 1 is 1.40 bits per heavy atom. The van der Waals surface area contributed by atoms with Crippen molar-refractivity contribution in [3.63, 3.8) is 0 Å². The summed E-state index contributed by atoms with van der Waals surface area (Å²) >= 11 is 0. The third-order valence-corrected chi connectivity index (χ3v) is 2.51. The summed E-state index contributed by atoms with van der Waals surface area (Å²) in [6.45, 7) is 10.7. The van der Waals surface area contributed by atoms with Crippen LogP contribution in [-0.4, -0.2) is 0 Å². The Balaban J connectivity index is 2.85. The zero-order chi connectivity index (χ0) is 7.72. The predicted molar refractivity (Wildman–Crippen MR) is 45.8 cm³/mol. The van der Waals surface area contributed by atoms with Crippen molar-refractivity contribution < 1.29 is 0 Å². The fourth-order valence-corrected chi connectivity index (χ4v) is 1.87. The topological polar surface area (TPSA) is 0 Å². The van der Waals surface area contributed by atoms with Crippen LogP contribution in [0.2, 0.25) is 0 Å². The SMILES string of the molecule is C=C1/C(=C/C)[C@H](C)CC1C. The van der Waals surface area contributed by atoms with Crippen LogP contribution in [0.1, 0.15) is 27.2 Å². The minimum atomic E-state index is 0.709. The molecule has 0 aromatic rings. The van der Waals surface area contributed by atoms with E-state index < -0.39 is 0 Å². The van der Waals surface area contributed by atoms with Gasteiger partial charge in [-0.1, -0.05) is 26.5 Å². The van der Waals surface area contributed by atoms with Crippen LogP contribution in [0.4, 0.5) is 0 Å². The van der Waals surface area contributed by atoms with Gasteiger partial charge < -0.3 is 0 Å². The summed E-state index contributed by atoms with van der Waals surface area (Å²) in [5.74, 6) is 1.45. The van der Waals surface area contributed by atoms with Crippen molar-refractivity contribution in [1.29, 1.82) is 0 Å². The van der Waals surface area contributed by atoms with Gasteiger partial charge in [0.2, 0.25) is 0 Å². The molecule has 0 nitrogen and oxygen atoms in total. The molecular formula is C10H16. The molecule has 0 amide bonds. The molecule has 56 valence electrons. The molecule has 1 aliphatic rings. The molecule has 0 saturated heterocycles. The molecule has 10 heavy (non-hydrogen) atoms. The van der Waals surface area contributed by atoms with E-state index in [1.807, 2.05) is 0 Å². The Morgan fingerprint density at radius 3 is 2.20 bits per heavy atom. The standard InChI is InChI=1S/C10H16/c1-5-10-8(3)6-7(2)9(10)4/h5,7-8H,4,6H2,1-3H3/b10-5+/t7?,8-/m1/s1. The van der Waals surface area contributed by atoms with Crippen molar-refractivity contribution in [2.75, 3.05) is 0 Å². The van der Waals surface area contributed by atoms with Gasteiger partial charge in [0.25, 0.3) is 0 Å². The highest BCUT2D eigenvalue weighted by atomic mass is 14.3. The average molecular weight is 136 g/mol. The summed E-state index contributed by atoms with van der Waals surface area (Å²) in [5.41, 5.74) is 2.84. The minimum absolute atomic E-state index is 0.709. The second kappa shape index (κ2) is 2.61. The van der Waals surface area contributed by atoms with Gasteiger partial charge in [-0.15, -0.1) is 0 Å². The van der Waals surface area contributed by atoms with Crippen molar-refractivity contribution in [1.82, 2.24) is 0 Å². The summed E-state index contributed by atoms with van der Waals surface area (Å²) in [5, 5.41) is 0. The van der Waals surface area contributed by atoms with Gasteiger partial charge in [0.05, 0.1) is 0 Å². The molecule has 0 spiro atoms. The van der Waals surface area contributed by atoms with Crippen molar-refractivity contribution in [3.8, 4) is 0 Å². The molecule has 1 rings (SSSR count). The molecule has 1 aliphatic carbocycles. The summed E-state index contributed by atoms with van der Waals surface area (Å²) in [6, 6.07) is 0. The fourth-order valence-electron chi connectivity index (χ4n) is 1.87. The Labute approximate surface area is 63.6 Å². The maximum Gasteiger partial charge on any atom is -0.0185 e. The van der Waals surface area contributed by atoms with Gasteiger partial charge in [0.15, 0.2) is 0 Å².